The summed E-state index contributed by atoms with van der Waals surface area (Å²) in [5.41, 5.74) is 1.59. The molecular formula is C18H35N3O2. The Bertz CT molecular complexity index is 343. The van der Waals surface area contributed by atoms with Crippen LogP contribution in [0.25, 0.3) is 0 Å². The molecule has 0 saturated carbocycles. The SMILES string of the molecule is CCCCOCCOCCNC(=NC)NCCC1=CCCCC1. The molecule has 0 amide bonds. The maximum absolute atomic E-state index is 5.53. The van der Waals surface area contributed by atoms with Gasteiger partial charge in [0.1, 0.15) is 0 Å². The van der Waals surface area contributed by atoms with Crippen molar-refractivity contribution < 1.29 is 9.47 Å². The number of aliphatic imine (C=N–C) groups is 1. The standard InChI is InChI=1S/C18H35N3O2/c1-3-4-13-22-15-16-23-14-12-21-18(19-2)20-11-10-17-8-6-5-7-9-17/h8H,3-7,9-16H2,1-2H3,(H2,19,20,21). The van der Waals surface area contributed by atoms with Crippen LogP contribution < -0.4 is 10.6 Å². The first-order valence-electron chi connectivity index (χ1n) is 9.14. The van der Waals surface area contributed by atoms with Crippen LogP contribution in [-0.2, 0) is 9.47 Å². The second kappa shape index (κ2) is 14.5. The molecule has 0 heterocycles. The molecule has 0 aromatic heterocycles. The predicted molar refractivity (Wildman–Crippen MR) is 97.1 cm³/mol. The van der Waals surface area contributed by atoms with Gasteiger partial charge in [-0.3, -0.25) is 4.99 Å². The molecule has 134 valence electrons. The molecule has 0 bridgehead atoms. The predicted octanol–water partition coefficient (Wildman–Crippen LogP) is 2.88. The van der Waals surface area contributed by atoms with Gasteiger partial charge in [0, 0.05) is 26.7 Å². The molecule has 0 aromatic rings. The minimum Gasteiger partial charge on any atom is -0.379 e. The van der Waals surface area contributed by atoms with Gasteiger partial charge in [0.25, 0.3) is 0 Å². The first-order valence-corrected chi connectivity index (χ1v) is 9.14. The molecule has 2 N–H and O–H groups in total. The summed E-state index contributed by atoms with van der Waals surface area (Å²) in [6.07, 6.45) is 11.0. The lowest BCUT2D eigenvalue weighted by atomic mass is 9.97. The van der Waals surface area contributed by atoms with E-state index in [1.165, 1.54) is 32.1 Å². The lowest BCUT2D eigenvalue weighted by molar-refractivity contribution is 0.0487. The molecule has 0 spiro atoms. The molecular weight excluding hydrogens is 290 g/mol. The topological polar surface area (TPSA) is 54.9 Å². The van der Waals surface area contributed by atoms with Crippen molar-refractivity contribution in [2.45, 2.75) is 51.9 Å². The van der Waals surface area contributed by atoms with Crippen LogP contribution in [0.15, 0.2) is 16.6 Å². The van der Waals surface area contributed by atoms with Gasteiger partial charge in [-0.1, -0.05) is 25.0 Å². The Hall–Kier alpha value is -1.07. The Kier molecular flexibility index (Phi) is 12.6. The average Bonchev–Trinajstić information content (AvgIpc) is 2.59. The Morgan fingerprint density at radius 1 is 1.09 bits per heavy atom. The minimum absolute atomic E-state index is 0.658. The third-order valence-corrected chi connectivity index (χ3v) is 3.90. The number of nitrogens with one attached hydrogen (secondary N) is 2. The fourth-order valence-electron chi connectivity index (χ4n) is 2.50. The van der Waals surface area contributed by atoms with Crippen molar-refractivity contribution in [3.8, 4) is 0 Å². The first-order chi connectivity index (χ1) is 11.4. The highest BCUT2D eigenvalue weighted by atomic mass is 16.5. The molecule has 1 rings (SSSR count). The van der Waals surface area contributed by atoms with E-state index in [0.29, 0.717) is 19.8 Å². The van der Waals surface area contributed by atoms with Crippen LogP contribution in [0.2, 0.25) is 0 Å². The van der Waals surface area contributed by atoms with Gasteiger partial charge in [0.05, 0.1) is 19.8 Å². The van der Waals surface area contributed by atoms with Crippen molar-refractivity contribution in [3.05, 3.63) is 11.6 Å². The van der Waals surface area contributed by atoms with E-state index < -0.39 is 0 Å². The minimum atomic E-state index is 0.658. The van der Waals surface area contributed by atoms with Crippen molar-refractivity contribution in [3.63, 3.8) is 0 Å². The zero-order valence-electron chi connectivity index (χ0n) is 15.0. The Labute approximate surface area is 141 Å². The van der Waals surface area contributed by atoms with Crippen LogP contribution >= 0.6 is 0 Å². The molecule has 0 fully saturated rings. The molecule has 23 heavy (non-hydrogen) atoms. The molecule has 0 atom stereocenters. The van der Waals surface area contributed by atoms with Gasteiger partial charge in [0.15, 0.2) is 5.96 Å². The fraction of sp³-hybridized carbons (Fsp3) is 0.833. The van der Waals surface area contributed by atoms with Crippen molar-refractivity contribution in [1.29, 1.82) is 0 Å². The Balaban J connectivity index is 1.94. The average molecular weight is 325 g/mol. The number of hydrogen-bond donors (Lipinski definition) is 2. The largest absolute Gasteiger partial charge is 0.379 e. The molecule has 1 aliphatic rings. The zero-order valence-corrected chi connectivity index (χ0v) is 15.0. The van der Waals surface area contributed by atoms with Gasteiger partial charge < -0.3 is 20.1 Å². The highest BCUT2D eigenvalue weighted by Gasteiger charge is 2.03. The first kappa shape index (κ1) is 20.0. The molecule has 5 heteroatoms. The second-order valence-corrected chi connectivity index (χ2v) is 5.86. The van der Waals surface area contributed by atoms with E-state index in [1.807, 2.05) is 0 Å². The zero-order chi connectivity index (χ0) is 16.6. The summed E-state index contributed by atoms with van der Waals surface area (Å²) in [5, 5.41) is 6.63. The van der Waals surface area contributed by atoms with E-state index in [2.05, 4.69) is 28.6 Å². The molecule has 0 saturated heterocycles. The van der Waals surface area contributed by atoms with Crippen molar-refractivity contribution >= 4 is 5.96 Å². The Morgan fingerprint density at radius 3 is 2.57 bits per heavy atom. The molecule has 0 aliphatic heterocycles. The summed E-state index contributed by atoms with van der Waals surface area (Å²) in [4.78, 5) is 4.23. The summed E-state index contributed by atoms with van der Waals surface area (Å²) in [7, 11) is 1.80. The lowest BCUT2D eigenvalue weighted by Crippen LogP contribution is -2.39. The summed E-state index contributed by atoms with van der Waals surface area (Å²) in [6.45, 7) is 6.72. The van der Waals surface area contributed by atoms with Crippen molar-refractivity contribution in [2.75, 3.05) is 46.6 Å². The van der Waals surface area contributed by atoms with Gasteiger partial charge in [-0.2, -0.15) is 0 Å². The van der Waals surface area contributed by atoms with Crippen LogP contribution in [0.4, 0.5) is 0 Å². The van der Waals surface area contributed by atoms with Crippen molar-refractivity contribution in [2.24, 2.45) is 4.99 Å². The molecule has 5 nitrogen and oxygen atoms in total. The maximum atomic E-state index is 5.53. The second-order valence-electron chi connectivity index (χ2n) is 5.86. The third kappa shape index (κ3) is 11.2. The highest BCUT2D eigenvalue weighted by Crippen LogP contribution is 2.19. The highest BCUT2D eigenvalue weighted by molar-refractivity contribution is 5.79. The summed E-state index contributed by atoms with van der Waals surface area (Å²) >= 11 is 0. The maximum Gasteiger partial charge on any atom is 0.191 e. The smallest absolute Gasteiger partial charge is 0.191 e. The van der Waals surface area contributed by atoms with Gasteiger partial charge in [0.2, 0.25) is 0 Å². The van der Waals surface area contributed by atoms with E-state index in [1.54, 1.807) is 12.6 Å². The summed E-state index contributed by atoms with van der Waals surface area (Å²) in [6, 6.07) is 0. The Morgan fingerprint density at radius 2 is 1.87 bits per heavy atom. The van der Waals surface area contributed by atoms with Gasteiger partial charge in [-0.15, -0.1) is 0 Å². The molecule has 0 unspecified atom stereocenters. The number of hydrogen-bond acceptors (Lipinski definition) is 3. The number of nitrogens with zero attached hydrogens (tertiary/aromatic N) is 1. The van der Waals surface area contributed by atoms with Crippen LogP contribution in [0, 0.1) is 0 Å². The van der Waals surface area contributed by atoms with E-state index in [0.717, 1.165) is 38.5 Å². The van der Waals surface area contributed by atoms with Gasteiger partial charge in [-0.25, -0.2) is 0 Å². The number of rotatable bonds is 12. The van der Waals surface area contributed by atoms with Crippen molar-refractivity contribution in [1.82, 2.24) is 10.6 Å². The van der Waals surface area contributed by atoms with E-state index in [-0.39, 0.29) is 0 Å². The molecule has 0 aromatic carbocycles. The van der Waals surface area contributed by atoms with E-state index in [9.17, 15) is 0 Å². The number of unbranched alkanes of at least 4 members (excludes halogenated alkanes) is 1. The van der Waals surface area contributed by atoms with Crippen LogP contribution in [0.3, 0.4) is 0 Å². The van der Waals surface area contributed by atoms with Gasteiger partial charge in [-0.05, 0) is 38.5 Å². The normalized spacial score (nSPS) is 15.4. The summed E-state index contributed by atoms with van der Waals surface area (Å²) < 4.78 is 11.0. The number of ether oxygens (including phenoxy) is 2. The summed E-state index contributed by atoms with van der Waals surface area (Å²) in [5.74, 6) is 0.851. The van der Waals surface area contributed by atoms with Crippen LogP contribution in [0.1, 0.15) is 51.9 Å². The lowest BCUT2D eigenvalue weighted by Gasteiger charge is -2.15. The van der Waals surface area contributed by atoms with E-state index >= 15 is 0 Å². The fourth-order valence-corrected chi connectivity index (χ4v) is 2.50. The van der Waals surface area contributed by atoms with E-state index in [4.69, 9.17) is 9.47 Å². The monoisotopic (exact) mass is 325 g/mol. The number of allylic oxidation sites excluding steroid dienone is 1. The third-order valence-electron chi connectivity index (χ3n) is 3.90. The van der Waals surface area contributed by atoms with Crippen LogP contribution in [0.5, 0.6) is 0 Å². The number of guanidine groups is 1. The molecule has 0 radical (unpaired) electrons. The van der Waals surface area contributed by atoms with Gasteiger partial charge >= 0.3 is 0 Å². The van der Waals surface area contributed by atoms with Crippen LogP contribution in [-0.4, -0.2) is 52.5 Å². The molecule has 1 aliphatic carbocycles. The quantitative estimate of drug-likeness (QED) is 0.251.